The second kappa shape index (κ2) is 8.76. The Balaban J connectivity index is 1.20. The van der Waals surface area contributed by atoms with E-state index >= 15 is 0 Å². The molecular weight excluding hydrogens is 364 g/mol. The number of fused-ring (bicyclic) bond motifs is 2. The highest BCUT2D eigenvalue weighted by atomic mass is 16.3. The van der Waals surface area contributed by atoms with Crippen LogP contribution in [-0.2, 0) is 24.2 Å². The van der Waals surface area contributed by atoms with Gasteiger partial charge in [0.05, 0.1) is 17.1 Å². The molecule has 0 saturated carbocycles. The molecule has 1 aliphatic heterocycles. The Labute approximate surface area is 171 Å². The molecule has 0 spiro atoms. The van der Waals surface area contributed by atoms with E-state index in [0.717, 1.165) is 36.4 Å². The third-order valence-corrected chi connectivity index (χ3v) is 5.49. The van der Waals surface area contributed by atoms with Crippen LogP contribution in [0.5, 0.6) is 0 Å². The van der Waals surface area contributed by atoms with Gasteiger partial charge in [-0.3, -0.25) is 9.69 Å². The molecule has 0 unspecified atom stereocenters. The van der Waals surface area contributed by atoms with Crippen molar-refractivity contribution in [3.05, 3.63) is 65.0 Å². The quantitative estimate of drug-likeness (QED) is 0.577. The van der Waals surface area contributed by atoms with Gasteiger partial charge in [-0.05, 0) is 42.2 Å². The second-order valence-electron chi connectivity index (χ2n) is 7.92. The molecular formula is C23H28N4O2. The fraction of sp³-hybridized carbons (Fsp3) is 0.391. The summed E-state index contributed by atoms with van der Waals surface area (Å²) in [5.74, 6) is 0.748. The molecule has 2 heterocycles. The number of carbonyl (C=O) groups is 1. The first kappa shape index (κ1) is 19.6. The lowest BCUT2D eigenvalue weighted by molar-refractivity contribution is -0.121. The highest BCUT2D eigenvalue weighted by Crippen LogP contribution is 2.18. The summed E-state index contributed by atoms with van der Waals surface area (Å²) in [5.41, 5.74) is 5.82. The number of benzene rings is 2. The molecule has 0 fully saturated rings. The number of aliphatic hydroxyl groups is 1. The first-order chi connectivity index (χ1) is 14.1. The second-order valence-corrected chi connectivity index (χ2v) is 7.92. The molecule has 6 heteroatoms. The Morgan fingerprint density at radius 1 is 1.28 bits per heavy atom. The van der Waals surface area contributed by atoms with Crippen molar-refractivity contribution in [2.24, 2.45) is 0 Å². The van der Waals surface area contributed by atoms with Gasteiger partial charge in [0.25, 0.3) is 0 Å². The number of imidazole rings is 1. The number of nitrogens with zero attached hydrogens (tertiary/aromatic N) is 2. The van der Waals surface area contributed by atoms with Gasteiger partial charge in [-0.1, -0.05) is 30.3 Å². The molecule has 3 N–H and O–H groups in total. The average molecular weight is 393 g/mol. The van der Waals surface area contributed by atoms with Gasteiger partial charge in [0.15, 0.2) is 0 Å². The van der Waals surface area contributed by atoms with Crippen molar-refractivity contribution in [1.82, 2.24) is 20.2 Å². The molecule has 152 valence electrons. The molecule has 0 saturated heterocycles. The topological polar surface area (TPSA) is 81.2 Å². The lowest BCUT2D eigenvalue weighted by Gasteiger charge is -2.30. The number of aromatic nitrogens is 2. The van der Waals surface area contributed by atoms with Crippen molar-refractivity contribution in [2.45, 2.75) is 38.8 Å². The number of H-pyrrole nitrogens is 1. The van der Waals surface area contributed by atoms with Crippen molar-refractivity contribution in [2.75, 3.05) is 19.6 Å². The summed E-state index contributed by atoms with van der Waals surface area (Å²) in [6.07, 6.45) is 1.34. The van der Waals surface area contributed by atoms with Gasteiger partial charge in [0.1, 0.15) is 5.82 Å². The summed E-state index contributed by atoms with van der Waals surface area (Å²) >= 11 is 0. The van der Waals surface area contributed by atoms with Crippen molar-refractivity contribution < 1.29 is 9.90 Å². The Morgan fingerprint density at radius 3 is 2.97 bits per heavy atom. The van der Waals surface area contributed by atoms with Crippen LogP contribution < -0.4 is 5.32 Å². The Morgan fingerprint density at radius 2 is 2.10 bits per heavy atom. The van der Waals surface area contributed by atoms with E-state index < -0.39 is 6.10 Å². The smallest absolute Gasteiger partial charge is 0.220 e. The van der Waals surface area contributed by atoms with Crippen molar-refractivity contribution in [3.63, 3.8) is 0 Å². The van der Waals surface area contributed by atoms with Crippen molar-refractivity contribution in [3.8, 4) is 0 Å². The van der Waals surface area contributed by atoms with Crippen LogP contribution in [0.15, 0.2) is 42.5 Å². The maximum Gasteiger partial charge on any atom is 0.220 e. The summed E-state index contributed by atoms with van der Waals surface area (Å²) in [5, 5.41) is 13.2. The average Bonchev–Trinajstić information content (AvgIpc) is 3.12. The van der Waals surface area contributed by atoms with Crippen LogP contribution >= 0.6 is 0 Å². The number of aliphatic hydroxyl groups excluding tert-OH is 1. The van der Waals surface area contributed by atoms with Gasteiger partial charge in [-0.2, -0.15) is 0 Å². The first-order valence-electron chi connectivity index (χ1n) is 10.3. The van der Waals surface area contributed by atoms with Crippen LogP contribution in [0, 0.1) is 6.92 Å². The molecule has 0 bridgehead atoms. The number of carbonyl (C=O) groups excluding carboxylic acids is 1. The zero-order chi connectivity index (χ0) is 20.2. The highest BCUT2D eigenvalue weighted by Gasteiger charge is 2.18. The minimum atomic E-state index is -0.571. The van der Waals surface area contributed by atoms with E-state index in [2.05, 4.69) is 50.5 Å². The third-order valence-electron chi connectivity index (χ3n) is 5.49. The molecule has 1 atom stereocenters. The molecule has 0 aliphatic carbocycles. The van der Waals surface area contributed by atoms with Crippen LogP contribution in [0.3, 0.4) is 0 Å². The molecule has 6 nitrogen and oxygen atoms in total. The fourth-order valence-corrected chi connectivity index (χ4v) is 3.92. The van der Waals surface area contributed by atoms with Crippen molar-refractivity contribution >= 4 is 16.9 Å². The predicted octanol–water partition coefficient (Wildman–Crippen LogP) is 2.34. The van der Waals surface area contributed by atoms with Gasteiger partial charge in [-0.25, -0.2) is 4.98 Å². The van der Waals surface area contributed by atoms with E-state index in [-0.39, 0.29) is 12.5 Å². The monoisotopic (exact) mass is 392 g/mol. The summed E-state index contributed by atoms with van der Waals surface area (Å²) in [6.45, 7) is 4.68. The predicted molar refractivity (Wildman–Crippen MR) is 114 cm³/mol. The van der Waals surface area contributed by atoms with E-state index in [1.807, 2.05) is 19.1 Å². The Bertz CT molecular complexity index is 997. The highest BCUT2D eigenvalue weighted by molar-refractivity contribution is 5.77. The molecule has 1 aliphatic rings. The molecule has 29 heavy (non-hydrogen) atoms. The van der Waals surface area contributed by atoms with E-state index in [1.165, 1.54) is 16.7 Å². The number of hydrogen-bond donors (Lipinski definition) is 3. The number of β-amino-alcohol motifs (C(OH)–C–C–N with tert-alkyl or cyclic N) is 1. The third kappa shape index (κ3) is 5.02. The summed E-state index contributed by atoms with van der Waals surface area (Å²) in [4.78, 5) is 22.2. The van der Waals surface area contributed by atoms with Crippen LogP contribution in [-0.4, -0.2) is 51.6 Å². The van der Waals surface area contributed by atoms with Crippen LogP contribution in [0.4, 0.5) is 0 Å². The first-order valence-corrected chi connectivity index (χ1v) is 10.3. The van der Waals surface area contributed by atoms with E-state index in [0.29, 0.717) is 19.4 Å². The van der Waals surface area contributed by atoms with Gasteiger partial charge in [-0.15, -0.1) is 0 Å². The van der Waals surface area contributed by atoms with Crippen molar-refractivity contribution in [1.29, 1.82) is 0 Å². The molecule has 0 radical (unpaired) electrons. The normalized spacial score (nSPS) is 15.2. The van der Waals surface area contributed by atoms with Crippen LogP contribution in [0.1, 0.15) is 28.9 Å². The number of aryl methyl sites for hydroxylation is 2. The van der Waals surface area contributed by atoms with E-state index in [1.54, 1.807) is 0 Å². The number of hydrogen-bond acceptors (Lipinski definition) is 4. The Hall–Kier alpha value is -2.70. The number of amides is 1. The lowest BCUT2D eigenvalue weighted by atomic mass is 10.00. The van der Waals surface area contributed by atoms with Gasteiger partial charge >= 0.3 is 0 Å². The molecule has 2 aromatic carbocycles. The molecule has 1 aromatic heterocycles. The minimum Gasteiger partial charge on any atom is -0.390 e. The zero-order valence-electron chi connectivity index (χ0n) is 16.8. The Kier molecular flexibility index (Phi) is 5.92. The molecule has 3 aromatic rings. The zero-order valence-corrected chi connectivity index (χ0v) is 16.8. The number of nitrogens with one attached hydrogen (secondary N) is 2. The van der Waals surface area contributed by atoms with Crippen LogP contribution in [0.25, 0.3) is 11.0 Å². The SMILES string of the molecule is Cc1ccc2nc(CCC(=O)NC[C@@H](O)CN3CCc4ccccc4C3)[nH]c2c1. The summed E-state index contributed by atoms with van der Waals surface area (Å²) < 4.78 is 0. The maximum absolute atomic E-state index is 12.2. The number of rotatable bonds is 7. The van der Waals surface area contributed by atoms with Crippen LogP contribution in [0.2, 0.25) is 0 Å². The van der Waals surface area contributed by atoms with Gasteiger partial charge < -0.3 is 15.4 Å². The molecule has 1 amide bonds. The number of aromatic amines is 1. The molecule has 4 rings (SSSR count). The lowest BCUT2D eigenvalue weighted by Crippen LogP contribution is -2.42. The summed E-state index contributed by atoms with van der Waals surface area (Å²) in [7, 11) is 0. The maximum atomic E-state index is 12.2. The minimum absolute atomic E-state index is 0.0651. The van der Waals surface area contributed by atoms with E-state index in [9.17, 15) is 9.90 Å². The fourth-order valence-electron chi connectivity index (χ4n) is 3.92. The van der Waals surface area contributed by atoms with Gasteiger partial charge in [0, 0.05) is 39.0 Å². The standard InChI is InChI=1S/C23H28N4O2/c1-16-6-7-20-21(12-16)26-22(25-20)8-9-23(29)24-13-19(28)15-27-11-10-17-4-2-3-5-18(17)14-27/h2-7,12,19,28H,8-11,13-15H2,1H3,(H,24,29)(H,25,26)/t19-/m1/s1. The van der Waals surface area contributed by atoms with Gasteiger partial charge in [0.2, 0.25) is 5.91 Å². The van der Waals surface area contributed by atoms with E-state index in [4.69, 9.17) is 0 Å². The summed E-state index contributed by atoms with van der Waals surface area (Å²) in [6, 6.07) is 14.5. The largest absolute Gasteiger partial charge is 0.390 e.